The standard InChI is InChI=1S/C36H49NO3/c1-9-10-12-34-20-33(8)32(7)13-11-23-30(4,5)27(39)22(19-37)17-31(23,6)24(32)16-26(38)36(33)25-18-29(2,3)14-15-35(25,21-34)28(34)40-36/h16-17,23,25,28H,9-15,18,20-21H2,1-8H3/t23-,25?,28+,31-,32+,33-,34?,35-,36+/m0/s1. The smallest absolute Gasteiger partial charge is 0.188 e. The molecule has 2 heterocycles. The average Bonchev–Trinajstić information content (AvgIpc) is 3.03. The highest BCUT2D eigenvalue weighted by Gasteiger charge is 2.88. The molecule has 3 saturated carbocycles. The second-order valence-electron chi connectivity index (χ2n) is 17.4. The van der Waals surface area contributed by atoms with Gasteiger partial charge in [-0.25, -0.2) is 0 Å². The van der Waals surface area contributed by atoms with Gasteiger partial charge in [0.15, 0.2) is 11.6 Å². The summed E-state index contributed by atoms with van der Waals surface area (Å²) in [6.45, 7) is 18.2. The third-order valence-electron chi connectivity index (χ3n) is 14.8. The number of nitrogens with zero attached hydrogens (tertiary/aromatic N) is 1. The number of unbranched alkanes of at least 4 members (excludes halogenated alkanes) is 1. The molecule has 5 fully saturated rings. The predicted octanol–water partition coefficient (Wildman–Crippen LogP) is 7.92. The Morgan fingerprint density at radius 3 is 2.40 bits per heavy atom. The summed E-state index contributed by atoms with van der Waals surface area (Å²) in [4.78, 5) is 28.4. The van der Waals surface area contributed by atoms with E-state index in [1.807, 2.05) is 26.0 Å². The summed E-state index contributed by atoms with van der Waals surface area (Å²) < 4.78 is 7.47. The minimum atomic E-state index is -0.773. The third kappa shape index (κ3) is 2.62. The van der Waals surface area contributed by atoms with Crippen LogP contribution in [-0.2, 0) is 14.3 Å². The molecule has 0 aromatic rings. The Hall–Kier alpha value is -1.73. The number of hydrogen-bond acceptors (Lipinski definition) is 4. The van der Waals surface area contributed by atoms with Crippen LogP contribution in [0.4, 0.5) is 0 Å². The van der Waals surface area contributed by atoms with Crippen molar-refractivity contribution in [3.05, 3.63) is 23.3 Å². The summed E-state index contributed by atoms with van der Waals surface area (Å²) in [7, 11) is 0. The Morgan fingerprint density at radius 1 is 1.00 bits per heavy atom. The number of ketones is 2. The largest absolute Gasteiger partial charge is 0.362 e. The van der Waals surface area contributed by atoms with E-state index < -0.39 is 16.4 Å². The molecule has 4 nitrogen and oxygen atoms in total. The van der Waals surface area contributed by atoms with Gasteiger partial charge in [0.05, 0.1) is 11.7 Å². The van der Waals surface area contributed by atoms with E-state index in [0.29, 0.717) is 0 Å². The number of hydrogen-bond donors (Lipinski definition) is 0. The van der Waals surface area contributed by atoms with Gasteiger partial charge in [-0.3, -0.25) is 9.59 Å². The molecule has 0 aromatic carbocycles. The SMILES string of the molecule is CCCCC12C[C@@]34CCC(C)(C)CC3[C@@]3(O[C@H]14)C(=O)C=C1[C@@]4(C)C=C(C#N)C(=O)C(C)(C)[C@@H]4CC[C@@]1(C)[C@]3(C)C2. The highest BCUT2D eigenvalue weighted by molar-refractivity contribution is 6.05. The summed E-state index contributed by atoms with van der Waals surface area (Å²) >= 11 is 0. The van der Waals surface area contributed by atoms with E-state index in [1.165, 1.54) is 44.1 Å². The van der Waals surface area contributed by atoms with Crippen molar-refractivity contribution in [3.63, 3.8) is 0 Å². The van der Waals surface area contributed by atoms with Crippen LogP contribution in [0.1, 0.15) is 120 Å². The molecule has 9 atom stereocenters. The zero-order valence-corrected chi connectivity index (χ0v) is 26.1. The van der Waals surface area contributed by atoms with Gasteiger partial charge in [0, 0.05) is 27.6 Å². The Morgan fingerprint density at radius 2 is 1.73 bits per heavy atom. The molecule has 2 aliphatic heterocycles. The van der Waals surface area contributed by atoms with Crippen molar-refractivity contribution in [2.45, 2.75) is 131 Å². The van der Waals surface area contributed by atoms with E-state index in [1.54, 1.807) is 0 Å². The van der Waals surface area contributed by atoms with Crippen LogP contribution in [-0.4, -0.2) is 23.3 Å². The molecule has 7 aliphatic rings. The van der Waals surface area contributed by atoms with E-state index >= 15 is 0 Å². The Bertz CT molecular complexity index is 1350. The zero-order chi connectivity index (χ0) is 28.9. The third-order valence-corrected chi connectivity index (χ3v) is 14.8. The van der Waals surface area contributed by atoms with Gasteiger partial charge in [0.1, 0.15) is 11.7 Å². The summed E-state index contributed by atoms with van der Waals surface area (Å²) in [6.07, 6.45) is 15.4. The average molecular weight is 544 g/mol. The Labute approximate surface area is 241 Å². The van der Waals surface area contributed by atoms with Crippen LogP contribution in [0, 0.1) is 61.1 Å². The van der Waals surface area contributed by atoms with Crippen LogP contribution < -0.4 is 0 Å². The molecule has 2 unspecified atom stereocenters. The maximum atomic E-state index is 15.0. The highest BCUT2D eigenvalue weighted by Crippen LogP contribution is 2.86. The lowest BCUT2D eigenvalue weighted by atomic mass is 9.36. The molecule has 5 aliphatic carbocycles. The van der Waals surface area contributed by atoms with Crippen molar-refractivity contribution in [2.75, 3.05) is 0 Å². The molecule has 0 amide bonds. The Balaban J connectivity index is 1.46. The predicted molar refractivity (Wildman–Crippen MR) is 155 cm³/mol. The lowest BCUT2D eigenvalue weighted by Crippen LogP contribution is -2.72. The summed E-state index contributed by atoms with van der Waals surface area (Å²) in [5.41, 5.74) is -0.549. The molecule has 216 valence electrons. The maximum absolute atomic E-state index is 15.0. The molecular formula is C36H49NO3. The van der Waals surface area contributed by atoms with Gasteiger partial charge in [-0.2, -0.15) is 5.26 Å². The van der Waals surface area contributed by atoms with Crippen molar-refractivity contribution < 1.29 is 14.3 Å². The van der Waals surface area contributed by atoms with Crippen LogP contribution in [0.3, 0.4) is 0 Å². The molecule has 0 N–H and O–H groups in total. The molecule has 2 saturated heterocycles. The number of rotatable bonds is 3. The van der Waals surface area contributed by atoms with Gasteiger partial charge in [-0.15, -0.1) is 0 Å². The fourth-order valence-electron chi connectivity index (χ4n) is 13.0. The quantitative estimate of drug-likeness (QED) is 0.363. The van der Waals surface area contributed by atoms with Gasteiger partial charge in [-0.1, -0.05) is 74.3 Å². The lowest BCUT2D eigenvalue weighted by Gasteiger charge is -2.70. The highest BCUT2D eigenvalue weighted by atomic mass is 16.5. The number of ether oxygens (including phenoxy) is 1. The second-order valence-corrected chi connectivity index (χ2v) is 17.4. The van der Waals surface area contributed by atoms with Crippen molar-refractivity contribution in [2.24, 2.45) is 49.7 Å². The molecule has 7 rings (SSSR count). The van der Waals surface area contributed by atoms with Gasteiger partial charge in [0.2, 0.25) is 0 Å². The van der Waals surface area contributed by atoms with E-state index in [2.05, 4.69) is 47.6 Å². The first kappa shape index (κ1) is 27.1. The van der Waals surface area contributed by atoms with Gasteiger partial charge < -0.3 is 4.74 Å². The van der Waals surface area contributed by atoms with E-state index in [0.717, 1.165) is 25.7 Å². The topological polar surface area (TPSA) is 67.2 Å². The molecule has 2 spiro atoms. The first-order valence-electron chi connectivity index (χ1n) is 16.2. The molecular weight excluding hydrogens is 494 g/mol. The summed E-state index contributed by atoms with van der Waals surface area (Å²) in [6, 6.07) is 2.24. The minimum Gasteiger partial charge on any atom is -0.362 e. The van der Waals surface area contributed by atoms with Gasteiger partial charge in [0.25, 0.3) is 0 Å². The molecule has 4 heteroatoms. The van der Waals surface area contributed by atoms with Gasteiger partial charge >= 0.3 is 0 Å². The van der Waals surface area contributed by atoms with Gasteiger partial charge in [-0.05, 0) is 85.2 Å². The Kier molecular flexibility index (Phi) is 5.03. The second kappa shape index (κ2) is 7.42. The first-order chi connectivity index (χ1) is 18.5. The number of allylic oxidation sites excluding steroid dienone is 3. The van der Waals surface area contributed by atoms with Crippen molar-refractivity contribution in [1.29, 1.82) is 5.26 Å². The summed E-state index contributed by atoms with van der Waals surface area (Å²) in [5.74, 6) is 0.472. The van der Waals surface area contributed by atoms with Crippen LogP contribution in [0.25, 0.3) is 0 Å². The number of carbonyl (C=O) groups excluding carboxylic acids is 2. The number of Topliss-reactive ketones (excluding diaryl/α,β-unsaturated/α-hetero) is 1. The first-order valence-corrected chi connectivity index (χ1v) is 16.2. The molecule has 40 heavy (non-hydrogen) atoms. The molecule has 2 bridgehead atoms. The van der Waals surface area contributed by atoms with Crippen molar-refractivity contribution >= 4 is 11.6 Å². The minimum absolute atomic E-state index is 0.0446. The monoisotopic (exact) mass is 543 g/mol. The van der Waals surface area contributed by atoms with Crippen molar-refractivity contribution in [1.82, 2.24) is 0 Å². The fourth-order valence-corrected chi connectivity index (χ4v) is 13.0. The van der Waals surface area contributed by atoms with Crippen LogP contribution in [0.2, 0.25) is 0 Å². The van der Waals surface area contributed by atoms with Crippen LogP contribution >= 0.6 is 0 Å². The van der Waals surface area contributed by atoms with Crippen LogP contribution in [0.15, 0.2) is 23.3 Å². The fraction of sp³-hybridized carbons (Fsp3) is 0.806. The zero-order valence-electron chi connectivity index (χ0n) is 26.1. The molecule has 0 radical (unpaired) electrons. The number of fused-ring (bicyclic) bond motifs is 4. The summed E-state index contributed by atoms with van der Waals surface area (Å²) in [5, 5.41) is 10.0. The van der Waals surface area contributed by atoms with E-state index in [9.17, 15) is 14.9 Å². The van der Waals surface area contributed by atoms with E-state index in [4.69, 9.17) is 4.74 Å². The maximum Gasteiger partial charge on any atom is 0.188 e. The van der Waals surface area contributed by atoms with Crippen LogP contribution in [0.5, 0.6) is 0 Å². The van der Waals surface area contributed by atoms with E-state index in [-0.39, 0.29) is 62.2 Å². The van der Waals surface area contributed by atoms with Crippen molar-refractivity contribution in [3.8, 4) is 6.07 Å². The number of carbonyl (C=O) groups is 2. The number of nitriles is 1. The normalized spacial score (nSPS) is 52.6. The lowest BCUT2D eigenvalue weighted by molar-refractivity contribution is -0.285. The molecule has 0 aromatic heterocycles.